The van der Waals surface area contributed by atoms with E-state index in [1.807, 2.05) is 44.2 Å². The minimum atomic E-state index is -4.19. The highest BCUT2D eigenvalue weighted by Gasteiger charge is 2.24. The van der Waals surface area contributed by atoms with Gasteiger partial charge in [-0.2, -0.15) is 0 Å². The summed E-state index contributed by atoms with van der Waals surface area (Å²) in [6.45, 7) is 4.03. The number of pyridine rings is 1. The first-order valence-electron chi connectivity index (χ1n) is 10.9. The molecule has 180 valence electrons. The zero-order valence-electron chi connectivity index (χ0n) is 19.2. The Morgan fingerprint density at radius 3 is 2.40 bits per heavy atom. The standard InChI is InChI=1S/C26H24FN3O4S/c1-17(2)30(16-18-8-4-3-5-9-18)26(32)21-15-28-23-13-12-19(14-20(23)25(21)31)35(33,34)29-24-11-7-6-10-22(24)27/h3-15,17,29H,16H2,1-2H3,(H,28,31). The van der Waals surface area contributed by atoms with E-state index in [0.717, 1.165) is 11.6 Å². The lowest BCUT2D eigenvalue weighted by Gasteiger charge is -2.27. The fourth-order valence-electron chi connectivity index (χ4n) is 3.70. The van der Waals surface area contributed by atoms with E-state index >= 15 is 0 Å². The third kappa shape index (κ3) is 5.09. The number of hydrogen-bond acceptors (Lipinski definition) is 4. The Morgan fingerprint density at radius 1 is 1.03 bits per heavy atom. The van der Waals surface area contributed by atoms with Gasteiger partial charge in [0.05, 0.1) is 10.6 Å². The number of nitrogens with zero attached hydrogens (tertiary/aromatic N) is 1. The molecule has 1 heterocycles. The van der Waals surface area contributed by atoms with Gasteiger partial charge in [0, 0.05) is 29.7 Å². The summed E-state index contributed by atoms with van der Waals surface area (Å²) in [5.41, 5.74) is 0.387. The predicted octanol–water partition coefficient (Wildman–Crippen LogP) is 4.52. The van der Waals surface area contributed by atoms with Crippen molar-refractivity contribution in [1.82, 2.24) is 9.88 Å². The fourth-order valence-corrected chi connectivity index (χ4v) is 4.79. The van der Waals surface area contributed by atoms with Crippen LogP contribution in [0.1, 0.15) is 29.8 Å². The first-order valence-corrected chi connectivity index (χ1v) is 12.4. The molecule has 3 aromatic carbocycles. The maximum atomic E-state index is 14.0. The lowest BCUT2D eigenvalue weighted by molar-refractivity contribution is 0.0689. The number of nitrogens with one attached hydrogen (secondary N) is 2. The van der Waals surface area contributed by atoms with Gasteiger partial charge in [-0.15, -0.1) is 0 Å². The van der Waals surface area contributed by atoms with E-state index < -0.39 is 27.2 Å². The summed E-state index contributed by atoms with van der Waals surface area (Å²) < 4.78 is 41.9. The van der Waals surface area contributed by atoms with Crippen molar-refractivity contribution in [3.05, 3.63) is 106 Å². The molecule has 4 rings (SSSR count). The number of aromatic nitrogens is 1. The molecule has 0 atom stereocenters. The van der Waals surface area contributed by atoms with Crippen LogP contribution >= 0.6 is 0 Å². The zero-order chi connectivity index (χ0) is 25.2. The average molecular weight is 494 g/mol. The predicted molar refractivity (Wildman–Crippen MR) is 133 cm³/mol. The van der Waals surface area contributed by atoms with E-state index in [1.54, 1.807) is 4.90 Å². The molecular weight excluding hydrogens is 469 g/mol. The number of sulfonamides is 1. The third-order valence-corrected chi connectivity index (χ3v) is 6.95. The first kappa shape index (κ1) is 24.2. The van der Waals surface area contributed by atoms with Gasteiger partial charge in [0.2, 0.25) is 5.43 Å². The van der Waals surface area contributed by atoms with E-state index in [9.17, 15) is 22.4 Å². The molecule has 0 saturated heterocycles. The number of anilines is 1. The number of hydrogen-bond donors (Lipinski definition) is 2. The molecule has 0 spiro atoms. The maximum Gasteiger partial charge on any atom is 0.262 e. The number of carbonyl (C=O) groups excluding carboxylic acids is 1. The number of aromatic amines is 1. The lowest BCUT2D eigenvalue weighted by atomic mass is 10.1. The molecule has 0 saturated carbocycles. The van der Waals surface area contributed by atoms with Crippen LogP contribution in [0.3, 0.4) is 0 Å². The van der Waals surface area contributed by atoms with E-state index in [-0.39, 0.29) is 27.6 Å². The summed E-state index contributed by atoms with van der Waals surface area (Å²) in [6.07, 6.45) is 1.35. The monoisotopic (exact) mass is 493 g/mol. The fraction of sp³-hybridized carbons (Fsp3) is 0.154. The number of H-pyrrole nitrogens is 1. The molecule has 1 aromatic heterocycles. The van der Waals surface area contributed by atoms with Gasteiger partial charge in [0.1, 0.15) is 11.4 Å². The summed E-state index contributed by atoms with van der Waals surface area (Å²) in [5, 5.41) is 0.0377. The molecule has 0 bridgehead atoms. The maximum absolute atomic E-state index is 14.0. The molecule has 35 heavy (non-hydrogen) atoms. The van der Waals surface area contributed by atoms with Crippen LogP contribution in [-0.2, 0) is 16.6 Å². The topological polar surface area (TPSA) is 99.3 Å². The van der Waals surface area contributed by atoms with Crippen LogP contribution in [0.4, 0.5) is 10.1 Å². The third-order valence-electron chi connectivity index (χ3n) is 5.59. The molecule has 0 aliphatic rings. The Bertz CT molecular complexity index is 1550. The second-order valence-corrected chi connectivity index (χ2v) is 10.0. The highest BCUT2D eigenvalue weighted by atomic mass is 32.2. The van der Waals surface area contributed by atoms with Crippen molar-refractivity contribution in [1.29, 1.82) is 0 Å². The second-order valence-electron chi connectivity index (χ2n) is 8.34. The van der Waals surface area contributed by atoms with Gasteiger partial charge in [-0.05, 0) is 49.7 Å². The molecule has 0 aliphatic carbocycles. The van der Waals surface area contributed by atoms with Crippen LogP contribution in [-0.4, -0.2) is 30.3 Å². The van der Waals surface area contributed by atoms with Crippen molar-refractivity contribution in [3.8, 4) is 0 Å². The smallest absolute Gasteiger partial charge is 0.262 e. The van der Waals surface area contributed by atoms with Gasteiger partial charge in [0.15, 0.2) is 0 Å². The Balaban J connectivity index is 1.72. The Labute approximate surface area is 202 Å². The van der Waals surface area contributed by atoms with Crippen molar-refractivity contribution < 1.29 is 17.6 Å². The number of amides is 1. The van der Waals surface area contributed by atoms with Gasteiger partial charge in [-0.1, -0.05) is 42.5 Å². The van der Waals surface area contributed by atoms with Crippen LogP contribution in [0.15, 0.2) is 88.7 Å². The highest BCUT2D eigenvalue weighted by molar-refractivity contribution is 7.92. The summed E-state index contributed by atoms with van der Waals surface area (Å²) in [6, 6.07) is 18.5. The number of halogens is 1. The van der Waals surface area contributed by atoms with E-state index in [1.165, 1.54) is 42.6 Å². The van der Waals surface area contributed by atoms with Crippen molar-refractivity contribution in [2.24, 2.45) is 0 Å². The molecule has 0 aliphatic heterocycles. The second kappa shape index (κ2) is 9.71. The van der Waals surface area contributed by atoms with Crippen molar-refractivity contribution in [2.75, 3.05) is 4.72 Å². The summed E-state index contributed by atoms with van der Waals surface area (Å²) in [4.78, 5) is 30.9. The molecule has 0 radical (unpaired) electrons. The summed E-state index contributed by atoms with van der Waals surface area (Å²) in [5.74, 6) is -1.19. The normalized spacial score (nSPS) is 11.5. The molecule has 0 fully saturated rings. The van der Waals surface area contributed by atoms with Gasteiger partial charge in [0.25, 0.3) is 15.9 Å². The number of para-hydroxylation sites is 1. The van der Waals surface area contributed by atoms with Crippen LogP contribution < -0.4 is 10.2 Å². The van der Waals surface area contributed by atoms with Crippen LogP contribution in [0, 0.1) is 5.82 Å². The minimum absolute atomic E-state index is 0.0377. The average Bonchev–Trinajstić information content (AvgIpc) is 2.84. The van der Waals surface area contributed by atoms with Gasteiger partial charge in [-0.3, -0.25) is 14.3 Å². The molecule has 2 N–H and O–H groups in total. The number of rotatable bonds is 7. The van der Waals surface area contributed by atoms with E-state index in [2.05, 4.69) is 9.71 Å². The van der Waals surface area contributed by atoms with Crippen molar-refractivity contribution >= 4 is 32.5 Å². The Kier molecular flexibility index (Phi) is 6.70. The van der Waals surface area contributed by atoms with Gasteiger partial charge >= 0.3 is 0 Å². The molecule has 9 heteroatoms. The number of benzene rings is 3. The molecule has 0 unspecified atom stereocenters. The van der Waals surface area contributed by atoms with E-state index in [0.29, 0.717) is 12.1 Å². The highest BCUT2D eigenvalue weighted by Crippen LogP contribution is 2.21. The van der Waals surface area contributed by atoms with Crippen LogP contribution in [0.2, 0.25) is 0 Å². The van der Waals surface area contributed by atoms with E-state index in [4.69, 9.17) is 0 Å². The van der Waals surface area contributed by atoms with Crippen molar-refractivity contribution in [3.63, 3.8) is 0 Å². The van der Waals surface area contributed by atoms with Crippen molar-refractivity contribution in [2.45, 2.75) is 31.3 Å². The molecule has 7 nitrogen and oxygen atoms in total. The first-order chi connectivity index (χ1) is 16.7. The summed E-state index contributed by atoms with van der Waals surface area (Å²) in [7, 11) is -4.19. The van der Waals surface area contributed by atoms with Crippen LogP contribution in [0.5, 0.6) is 0 Å². The quantitative estimate of drug-likeness (QED) is 0.395. The SMILES string of the molecule is CC(C)N(Cc1ccccc1)C(=O)c1c[nH]c2ccc(S(=O)(=O)Nc3ccccc3F)cc2c1=O. The number of fused-ring (bicyclic) bond motifs is 1. The molecule has 4 aromatic rings. The Morgan fingerprint density at radius 2 is 1.71 bits per heavy atom. The molecular formula is C26H24FN3O4S. The minimum Gasteiger partial charge on any atom is -0.360 e. The lowest BCUT2D eigenvalue weighted by Crippen LogP contribution is -2.38. The zero-order valence-corrected chi connectivity index (χ0v) is 20.0. The van der Waals surface area contributed by atoms with Gasteiger partial charge < -0.3 is 9.88 Å². The van der Waals surface area contributed by atoms with Crippen LogP contribution in [0.25, 0.3) is 10.9 Å². The van der Waals surface area contributed by atoms with Gasteiger partial charge in [-0.25, -0.2) is 12.8 Å². The Hall–Kier alpha value is -3.98. The largest absolute Gasteiger partial charge is 0.360 e. The summed E-state index contributed by atoms with van der Waals surface area (Å²) >= 11 is 0. The molecule has 1 amide bonds. The number of carbonyl (C=O) groups is 1.